The fourth-order valence-electron chi connectivity index (χ4n) is 2.93. The van der Waals surface area contributed by atoms with E-state index in [9.17, 15) is 9.18 Å². The quantitative estimate of drug-likeness (QED) is 0.395. The molecule has 1 amide bonds. The fourth-order valence-corrected chi connectivity index (χ4v) is 2.93. The van der Waals surface area contributed by atoms with Crippen molar-refractivity contribution in [3.8, 4) is 0 Å². The van der Waals surface area contributed by atoms with Gasteiger partial charge in [-0.1, -0.05) is 24.3 Å². The average Bonchev–Trinajstić information content (AvgIpc) is 3.28. The highest BCUT2D eigenvalue weighted by molar-refractivity contribution is 5.94. The Labute approximate surface area is 175 Å². The van der Waals surface area contributed by atoms with Gasteiger partial charge >= 0.3 is 0 Å². The Morgan fingerprint density at radius 2 is 1.80 bits per heavy atom. The van der Waals surface area contributed by atoms with Gasteiger partial charge in [0.15, 0.2) is 5.96 Å². The van der Waals surface area contributed by atoms with Crippen LogP contribution in [0, 0.1) is 5.82 Å². The van der Waals surface area contributed by atoms with Crippen LogP contribution in [-0.2, 0) is 19.5 Å². The number of nitrogens with zero attached hydrogens (tertiary/aromatic N) is 1. The highest BCUT2D eigenvalue weighted by atomic mass is 19.1. The largest absolute Gasteiger partial charge is 0.467 e. The first-order chi connectivity index (χ1) is 14.6. The number of carbonyl (C=O) groups excluding carboxylic acids is 1. The number of amides is 1. The molecule has 0 fully saturated rings. The molecule has 3 N–H and O–H groups in total. The molecule has 0 bridgehead atoms. The zero-order valence-corrected chi connectivity index (χ0v) is 16.8. The van der Waals surface area contributed by atoms with E-state index < -0.39 is 0 Å². The summed E-state index contributed by atoms with van der Waals surface area (Å²) in [7, 11) is 1.69. The lowest BCUT2D eigenvalue weighted by atomic mass is 10.1. The molecule has 0 saturated heterocycles. The maximum atomic E-state index is 13.2. The summed E-state index contributed by atoms with van der Waals surface area (Å²) >= 11 is 0. The third-order valence-electron chi connectivity index (χ3n) is 4.47. The maximum Gasteiger partial charge on any atom is 0.251 e. The van der Waals surface area contributed by atoms with E-state index in [1.807, 2.05) is 30.3 Å². The smallest absolute Gasteiger partial charge is 0.251 e. The van der Waals surface area contributed by atoms with Crippen LogP contribution in [0.3, 0.4) is 0 Å². The van der Waals surface area contributed by atoms with Gasteiger partial charge in [0.1, 0.15) is 11.6 Å². The van der Waals surface area contributed by atoms with Gasteiger partial charge in [-0.2, -0.15) is 0 Å². The molecule has 1 aromatic heterocycles. The topological polar surface area (TPSA) is 78.7 Å². The standard InChI is InChI=1S/C23H25FN4O2/c1-25-23(26-11-10-17-5-3-8-20(24)14-17)28-15-18-6-2-7-19(13-18)22(29)27-16-21-9-4-12-30-21/h2-9,12-14H,10-11,15-16H2,1H3,(H,27,29)(H2,25,26,28). The summed E-state index contributed by atoms with van der Waals surface area (Å²) in [6.07, 6.45) is 2.26. The molecular weight excluding hydrogens is 383 g/mol. The van der Waals surface area contributed by atoms with E-state index in [-0.39, 0.29) is 11.7 Å². The molecule has 0 saturated carbocycles. The molecule has 30 heavy (non-hydrogen) atoms. The van der Waals surface area contributed by atoms with E-state index in [0.29, 0.717) is 43.3 Å². The lowest BCUT2D eigenvalue weighted by molar-refractivity contribution is 0.0948. The number of hydrogen-bond donors (Lipinski definition) is 3. The van der Waals surface area contributed by atoms with Crippen LogP contribution < -0.4 is 16.0 Å². The molecule has 156 valence electrons. The molecule has 1 heterocycles. The molecule has 0 radical (unpaired) electrons. The van der Waals surface area contributed by atoms with Crippen LogP contribution in [0.25, 0.3) is 0 Å². The van der Waals surface area contributed by atoms with Crippen molar-refractivity contribution >= 4 is 11.9 Å². The van der Waals surface area contributed by atoms with Gasteiger partial charge in [0, 0.05) is 25.7 Å². The summed E-state index contributed by atoms with van der Waals surface area (Å²) in [4.78, 5) is 16.5. The molecule has 0 unspecified atom stereocenters. The Hall–Kier alpha value is -3.61. The van der Waals surface area contributed by atoms with Crippen molar-refractivity contribution in [2.24, 2.45) is 4.99 Å². The Morgan fingerprint density at radius 3 is 2.57 bits per heavy atom. The molecule has 0 aliphatic carbocycles. The molecule has 0 spiro atoms. The van der Waals surface area contributed by atoms with Crippen LogP contribution >= 0.6 is 0 Å². The molecule has 0 atom stereocenters. The number of hydrogen-bond acceptors (Lipinski definition) is 3. The zero-order chi connectivity index (χ0) is 21.2. The SMILES string of the molecule is CN=C(NCCc1cccc(F)c1)NCc1cccc(C(=O)NCc2ccco2)c1. The van der Waals surface area contributed by atoms with Gasteiger partial charge in [-0.25, -0.2) is 4.39 Å². The van der Waals surface area contributed by atoms with Gasteiger partial charge in [-0.3, -0.25) is 9.79 Å². The average molecular weight is 408 g/mol. The molecule has 6 nitrogen and oxygen atoms in total. The second-order valence-corrected chi connectivity index (χ2v) is 6.69. The Bertz CT molecular complexity index is 986. The normalized spacial score (nSPS) is 11.2. The Morgan fingerprint density at radius 1 is 0.967 bits per heavy atom. The second-order valence-electron chi connectivity index (χ2n) is 6.69. The third kappa shape index (κ3) is 6.48. The van der Waals surface area contributed by atoms with Gasteiger partial charge in [0.25, 0.3) is 5.91 Å². The maximum absolute atomic E-state index is 13.2. The lowest BCUT2D eigenvalue weighted by Crippen LogP contribution is -2.37. The van der Waals surface area contributed by atoms with Crippen molar-refractivity contribution in [2.45, 2.75) is 19.5 Å². The van der Waals surface area contributed by atoms with E-state index in [2.05, 4.69) is 20.9 Å². The van der Waals surface area contributed by atoms with Crippen molar-refractivity contribution in [1.82, 2.24) is 16.0 Å². The highest BCUT2D eigenvalue weighted by Crippen LogP contribution is 2.07. The summed E-state index contributed by atoms with van der Waals surface area (Å²) in [6.45, 7) is 1.48. The minimum Gasteiger partial charge on any atom is -0.467 e. The molecule has 0 aliphatic rings. The van der Waals surface area contributed by atoms with Crippen LogP contribution in [0.5, 0.6) is 0 Å². The lowest BCUT2D eigenvalue weighted by Gasteiger charge is -2.12. The first-order valence-electron chi connectivity index (χ1n) is 9.72. The number of benzene rings is 2. The minimum atomic E-state index is -0.233. The van der Waals surface area contributed by atoms with Crippen molar-refractivity contribution in [2.75, 3.05) is 13.6 Å². The fraction of sp³-hybridized carbons (Fsp3) is 0.217. The van der Waals surface area contributed by atoms with Crippen LogP contribution in [0.15, 0.2) is 76.3 Å². The van der Waals surface area contributed by atoms with Crippen molar-refractivity contribution in [3.63, 3.8) is 0 Å². The first kappa shape index (κ1) is 21.1. The first-order valence-corrected chi connectivity index (χ1v) is 9.72. The summed E-state index contributed by atoms with van der Waals surface area (Å²) in [5, 5.41) is 9.27. The van der Waals surface area contributed by atoms with Crippen LogP contribution in [0.2, 0.25) is 0 Å². The summed E-state index contributed by atoms with van der Waals surface area (Å²) in [6, 6.07) is 17.6. The molecule has 2 aromatic carbocycles. The Kier molecular flexibility index (Phi) is 7.60. The van der Waals surface area contributed by atoms with E-state index in [0.717, 1.165) is 11.1 Å². The minimum absolute atomic E-state index is 0.161. The summed E-state index contributed by atoms with van der Waals surface area (Å²) in [5.74, 6) is 0.947. The monoisotopic (exact) mass is 408 g/mol. The number of aliphatic imine (C=N–C) groups is 1. The number of halogens is 1. The van der Waals surface area contributed by atoms with Gasteiger partial charge in [-0.05, 0) is 53.9 Å². The van der Waals surface area contributed by atoms with Gasteiger partial charge in [0.05, 0.1) is 12.8 Å². The van der Waals surface area contributed by atoms with Gasteiger partial charge in [0.2, 0.25) is 0 Å². The number of guanidine groups is 1. The predicted molar refractivity (Wildman–Crippen MR) is 115 cm³/mol. The van der Waals surface area contributed by atoms with E-state index in [1.54, 1.807) is 31.5 Å². The zero-order valence-electron chi connectivity index (χ0n) is 16.8. The molecule has 3 rings (SSSR count). The Balaban J connectivity index is 1.46. The molecule has 0 aliphatic heterocycles. The third-order valence-corrected chi connectivity index (χ3v) is 4.47. The van der Waals surface area contributed by atoms with E-state index in [1.165, 1.54) is 12.1 Å². The van der Waals surface area contributed by atoms with Gasteiger partial charge < -0.3 is 20.4 Å². The molecule has 7 heteroatoms. The molecular formula is C23H25FN4O2. The van der Waals surface area contributed by atoms with Crippen LogP contribution in [0.4, 0.5) is 4.39 Å². The van der Waals surface area contributed by atoms with E-state index in [4.69, 9.17) is 4.42 Å². The van der Waals surface area contributed by atoms with Gasteiger partial charge in [-0.15, -0.1) is 0 Å². The number of carbonyl (C=O) groups is 1. The van der Waals surface area contributed by atoms with Crippen LogP contribution in [-0.4, -0.2) is 25.5 Å². The summed E-state index contributed by atoms with van der Waals surface area (Å²) in [5.41, 5.74) is 2.45. The van der Waals surface area contributed by atoms with Crippen molar-refractivity contribution in [3.05, 3.63) is 95.2 Å². The second kappa shape index (κ2) is 10.8. The van der Waals surface area contributed by atoms with Crippen molar-refractivity contribution < 1.29 is 13.6 Å². The van der Waals surface area contributed by atoms with E-state index >= 15 is 0 Å². The number of rotatable bonds is 8. The molecule has 3 aromatic rings. The highest BCUT2D eigenvalue weighted by Gasteiger charge is 2.07. The van der Waals surface area contributed by atoms with Crippen molar-refractivity contribution in [1.29, 1.82) is 0 Å². The number of furan rings is 1. The summed E-state index contributed by atoms with van der Waals surface area (Å²) < 4.78 is 18.5. The van der Waals surface area contributed by atoms with Crippen LogP contribution in [0.1, 0.15) is 27.2 Å². The number of nitrogens with one attached hydrogen (secondary N) is 3. The predicted octanol–water partition coefficient (Wildman–Crippen LogP) is 3.26.